The lowest BCUT2D eigenvalue weighted by molar-refractivity contribution is 0.584. The Morgan fingerprint density at radius 3 is 2.04 bits per heavy atom. The predicted octanol–water partition coefficient (Wildman–Crippen LogP) is 3.35. The van der Waals surface area contributed by atoms with Crippen molar-refractivity contribution in [2.75, 3.05) is 10.6 Å². The van der Waals surface area contributed by atoms with Gasteiger partial charge in [0.2, 0.25) is 0 Å². The van der Waals surface area contributed by atoms with Gasteiger partial charge in [0.15, 0.2) is 9.84 Å². The number of benzene rings is 2. The molecule has 0 aromatic heterocycles. The van der Waals surface area contributed by atoms with Crippen molar-refractivity contribution in [3.05, 3.63) is 53.6 Å². The van der Waals surface area contributed by atoms with Crippen LogP contribution in [0.15, 0.2) is 58.3 Å². The lowest BCUT2D eigenvalue weighted by atomic mass is 10.3. The number of sulfonamides is 1. The molecule has 0 heterocycles. The highest BCUT2D eigenvalue weighted by Crippen LogP contribution is 2.31. The molecule has 0 N–H and O–H groups in total. The lowest BCUT2D eigenvalue weighted by Gasteiger charge is -2.28. The molecule has 0 aliphatic heterocycles. The van der Waals surface area contributed by atoms with E-state index in [0.29, 0.717) is 5.69 Å². The zero-order chi connectivity index (χ0) is 18.1. The Kier molecular flexibility index (Phi) is 5.27. The van der Waals surface area contributed by atoms with Crippen LogP contribution in [0.2, 0.25) is 5.02 Å². The van der Waals surface area contributed by atoms with Gasteiger partial charge >= 0.3 is 0 Å². The SMILES string of the molecule is CC(C)N(c1ccccc1)S(=O)(=O)c1cc(S(C)(=O)=O)ccc1Cl. The van der Waals surface area contributed by atoms with Gasteiger partial charge in [-0.3, -0.25) is 4.31 Å². The van der Waals surface area contributed by atoms with Crippen molar-refractivity contribution in [2.45, 2.75) is 29.7 Å². The maximum absolute atomic E-state index is 13.1. The lowest BCUT2D eigenvalue weighted by Crippen LogP contribution is -2.37. The monoisotopic (exact) mass is 387 g/mol. The summed E-state index contributed by atoms with van der Waals surface area (Å²) < 4.78 is 51.0. The van der Waals surface area contributed by atoms with Gasteiger partial charge in [0, 0.05) is 12.3 Å². The molecule has 5 nitrogen and oxygen atoms in total. The summed E-state index contributed by atoms with van der Waals surface area (Å²) in [4.78, 5) is -0.327. The first-order valence-electron chi connectivity index (χ1n) is 7.14. The second-order valence-electron chi connectivity index (χ2n) is 5.59. The molecule has 0 radical (unpaired) electrons. The van der Waals surface area contributed by atoms with E-state index in [1.165, 1.54) is 16.4 Å². The highest BCUT2D eigenvalue weighted by molar-refractivity contribution is 7.93. The van der Waals surface area contributed by atoms with Crippen LogP contribution < -0.4 is 4.31 Å². The topological polar surface area (TPSA) is 71.5 Å². The summed E-state index contributed by atoms with van der Waals surface area (Å²) >= 11 is 6.07. The van der Waals surface area contributed by atoms with Crippen molar-refractivity contribution in [3.63, 3.8) is 0 Å². The van der Waals surface area contributed by atoms with Gasteiger partial charge in [-0.2, -0.15) is 0 Å². The average Bonchev–Trinajstić information content (AvgIpc) is 2.46. The Labute approximate surface area is 147 Å². The van der Waals surface area contributed by atoms with Gasteiger partial charge in [-0.25, -0.2) is 16.8 Å². The number of nitrogens with zero attached hydrogens (tertiary/aromatic N) is 1. The van der Waals surface area contributed by atoms with E-state index in [2.05, 4.69) is 0 Å². The van der Waals surface area contributed by atoms with Crippen molar-refractivity contribution in [1.29, 1.82) is 0 Å². The first-order valence-corrected chi connectivity index (χ1v) is 10.8. The second kappa shape index (κ2) is 6.74. The van der Waals surface area contributed by atoms with E-state index >= 15 is 0 Å². The largest absolute Gasteiger partial charge is 0.266 e. The maximum Gasteiger partial charge on any atom is 0.266 e. The molecule has 0 fully saturated rings. The van der Waals surface area contributed by atoms with Crippen molar-refractivity contribution >= 4 is 37.1 Å². The molecule has 0 bridgehead atoms. The minimum absolute atomic E-state index is 0.0241. The summed E-state index contributed by atoms with van der Waals surface area (Å²) in [5, 5.41) is -0.0241. The molecule has 0 spiro atoms. The third-order valence-electron chi connectivity index (χ3n) is 3.35. The van der Waals surface area contributed by atoms with E-state index in [9.17, 15) is 16.8 Å². The van der Waals surface area contributed by atoms with E-state index in [-0.39, 0.29) is 20.9 Å². The first-order chi connectivity index (χ1) is 11.0. The number of hydrogen-bond acceptors (Lipinski definition) is 4. The number of halogens is 1. The highest BCUT2D eigenvalue weighted by Gasteiger charge is 2.30. The Hall–Kier alpha value is -1.57. The van der Waals surface area contributed by atoms with Gasteiger partial charge in [0.05, 0.1) is 15.6 Å². The van der Waals surface area contributed by atoms with Gasteiger partial charge in [0.1, 0.15) is 4.90 Å². The third kappa shape index (κ3) is 3.74. The fourth-order valence-electron chi connectivity index (χ4n) is 2.31. The summed E-state index contributed by atoms with van der Waals surface area (Å²) in [6.07, 6.45) is 1.02. The molecule has 2 aromatic carbocycles. The van der Waals surface area contributed by atoms with Crippen molar-refractivity contribution in [1.82, 2.24) is 0 Å². The fourth-order valence-corrected chi connectivity index (χ4v) is 5.20. The maximum atomic E-state index is 13.1. The number of anilines is 1. The summed E-state index contributed by atoms with van der Waals surface area (Å²) in [6.45, 7) is 3.47. The molecule has 0 aliphatic carbocycles. The first kappa shape index (κ1) is 18.8. The Morgan fingerprint density at radius 2 is 1.54 bits per heavy atom. The summed E-state index contributed by atoms with van der Waals surface area (Å²) in [5.74, 6) is 0. The van der Waals surface area contributed by atoms with Crippen LogP contribution in [0.5, 0.6) is 0 Å². The molecule has 8 heteroatoms. The zero-order valence-electron chi connectivity index (χ0n) is 13.5. The molecule has 2 rings (SSSR count). The molecular formula is C16H18ClNO4S2. The molecule has 0 amide bonds. The number of sulfone groups is 1. The Morgan fingerprint density at radius 1 is 0.958 bits per heavy atom. The molecule has 24 heavy (non-hydrogen) atoms. The van der Waals surface area contributed by atoms with E-state index in [4.69, 9.17) is 11.6 Å². The molecule has 0 saturated carbocycles. The van der Waals surface area contributed by atoms with E-state index in [0.717, 1.165) is 12.3 Å². The normalized spacial score (nSPS) is 12.4. The summed E-state index contributed by atoms with van der Waals surface area (Å²) in [5.41, 5.74) is 0.480. The van der Waals surface area contributed by atoms with Gasteiger partial charge in [-0.15, -0.1) is 0 Å². The average molecular weight is 388 g/mol. The van der Waals surface area contributed by atoms with Crippen LogP contribution in [0, 0.1) is 0 Å². The minimum atomic E-state index is -4.03. The number of hydrogen-bond donors (Lipinski definition) is 0. The summed E-state index contributed by atoms with van der Waals surface area (Å²) in [6, 6.07) is 11.9. The van der Waals surface area contributed by atoms with Crippen molar-refractivity contribution in [2.24, 2.45) is 0 Å². The van der Waals surface area contributed by atoms with Crippen LogP contribution >= 0.6 is 11.6 Å². The smallest absolute Gasteiger partial charge is 0.264 e. The Bertz CT molecular complexity index is 939. The van der Waals surface area contributed by atoms with Crippen LogP contribution in [0.4, 0.5) is 5.69 Å². The van der Waals surface area contributed by atoms with E-state index < -0.39 is 19.9 Å². The molecule has 0 aliphatic rings. The van der Waals surface area contributed by atoms with Gasteiger partial charge < -0.3 is 0 Å². The fraction of sp³-hybridized carbons (Fsp3) is 0.250. The standard InChI is InChI=1S/C16H18ClNO4S2/c1-12(2)18(13-7-5-4-6-8-13)24(21,22)16-11-14(23(3,19)20)9-10-15(16)17/h4-12H,1-3H3. The molecule has 130 valence electrons. The highest BCUT2D eigenvalue weighted by atomic mass is 35.5. The third-order valence-corrected chi connectivity index (χ3v) is 6.94. The van der Waals surface area contributed by atoms with Crippen LogP contribution in [0.1, 0.15) is 13.8 Å². The summed E-state index contributed by atoms with van der Waals surface area (Å²) in [7, 11) is -7.58. The van der Waals surface area contributed by atoms with Gasteiger partial charge in [-0.1, -0.05) is 29.8 Å². The predicted molar refractivity (Wildman–Crippen MR) is 95.8 cm³/mol. The minimum Gasteiger partial charge on any atom is -0.264 e. The number of rotatable bonds is 5. The zero-order valence-corrected chi connectivity index (χ0v) is 15.9. The van der Waals surface area contributed by atoms with Crippen molar-refractivity contribution < 1.29 is 16.8 Å². The second-order valence-corrected chi connectivity index (χ2v) is 9.80. The van der Waals surface area contributed by atoms with E-state index in [1.54, 1.807) is 44.2 Å². The molecule has 0 unspecified atom stereocenters. The van der Waals surface area contributed by atoms with Crippen molar-refractivity contribution in [3.8, 4) is 0 Å². The van der Waals surface area contributed by atoms with E-state index in [1.807, 2.05) is 0 Å². The molecule has 2 aromatic rings. The van der Waals surface area contributed by atoms with Crippen LogP contribution in [-0.4, -0.2) is 29.1 Å². The van der Waals surface area contributed by atoms with Gasteiger partial charge in [-0.05, 0) is 44.2 Å². The van der Waals surface area contributed by atoms with Crippen LogP contribution in [0.3, 0.4) is 0 Å². The van der Waals surface area contributed by atoms with Crippen LogP contribution in [0.25, 0.3) is 0 Å². The quantitative estimate of drug-likeness (QED) is 0.788. The molecule has 0 saturated heterocycles. The van der Waals surface area contributed by atoms with Gasteiger partial charge in [0.25, 0.3) is 10.0 Å². The molecule has 0 atom stereocenters. The number of para-hydroxylation sites is 1. The van der Waals surface area contributed by atoms with Crippen LogP contribution in [-0.2, 0) is 19.9 Å². The molecular weight excluding hydrogens is 370 g/mol. The Balaban J connectivity index is 2.69.